The maximum absolute atomic E-state index is 6.00. The molecule has 1 saturated heterocycles. The van der Waals surface area contributed by atoms with E-state index in [1.807, 2.05) is 6.07 Å². The molecule has 0 spiro atoms. The third kappa shape index (κ3) is 2.25. The molecular weight excluding hydrogens is 196 g/mol. The first-order valence-corrected chi connectivity index (χ1v) is 5.45. The normalized spacial score (nSPS) is 22.9. The fourth-order valence-corrected chi connectivity index (χ4v) is 2.13. The van der Waals surface area contributed by atoms with E-state index in [0.29, 0.717) is 5.15 Å². The topological polar surface area (TPSA) is 16.1 Å². The third-order valence-corrected chi connectivity index (χ3v) is 3.08. The second-order valence-electron chi connectivity index (χ2n) is 4.08. The number of rotatable bonds is 2. The molecule has 0 aromatic carbocycles. The van der Waals surface area contributed by atoms with Crippen LogP contribution in [0.5, 0.6) is 0 Å². The molecule has 3 heteroatoms. The summed E-state index contributed by atoms with van der Waals surface area (Å²) in [7, 11) is 0. The van der Waals surface area contributed by atoms with Gasteiger partial charge < -0.3 is 0 Å². The number of likely N-dealkylation sites (tertiary alicyclic amines) is 1. The van der Waals surface area contributed by atoms with Crippen molar-refractivity contribution in [2.45, 2.75) is 19.9 Å². The maximum Gasteiger partial charge on any atom is 0.133 e. The van der Waals surface area contributed by atoms with E-state index in [1.54, 1.807) is 6.20 Å². The van der Waals surface area contributed by atoms with E-state index < -0.39 is 0 Å². The van der Waals surface area contributed by atoms with Crippen molar-refractivity contribution in [3.63, 3.8) is 0 Å². The van der Waals surface area contributed by atoms with Gasteiger partial charge in [0.1, 0.15) is 5.15 Å². The van der Waals surface area contributed by atoms with Crippen LogP contribution in [0.1, 0.15) is 18.9 Å². The molecule has 0 N–H and O–H groups in total. The zero-order chi connectivity index (χ0) is 9.97. The van der Waals surface area contributed by atoms with Crippen molar-refractivity contribution >= 4 is 11.6 Å². The van der Waals surface area contributed by atoms with Gasteiger partial charge in [0.15, 0.2) is 0 Å². The van der Waals surface area contributed by atoms with Gasteiger partial charge >= 0.3 is 0 Å². The van der Waals surface area contributed by atoms with Gasteiger partial charge in [0, 0.05) is 24.8 Å². The lowest BCUT2D eigenvalue weighted by molar-refractivity contribution is 0.320. The van der Waals surface area contributed by atoms with Crippen LogP contribution in [0.2, 0.25) is 5.15 Å². The molecule has 0 radical (unpaired) electrons. The first-order valence-electron chi connectivity index (χ1n) is 5.07. The molecule has 2 rings (SSSR count). The van der Waals surface area contributed by atoms with E-state index in [-0.39, 0.29) is 0 Å². The standard InChI is InChI=1S/C11H15ClN2/c1-9-4-6-14(7-9)8-10-3-2-5-13-11(10)12/h2-3,5,9H,4,6-8H2,1H3. The van der Waals surface area contributed by atoms with Gasteiger partial charge in [-0.25, -0.2) is 4.98 Å². The van der Waals surface area contributed by atoms with E-state index >= 15 is 0 Å². The summed E-state index contributed by atoms with van der Waals surface area (Å²) in [4.78, 5) is 6.52. The highest BCUT2D eigenvalue weighted by Gasteiger charge is 2.19. The Morgan fingerprint density at radius 2 is 2.50 bits per heavy atom. The van der Waals surface area contributed by atoms with Gasteiger partial charge in [0.2, 0.25) is 0 Å². The number of nitrogens with zero attached hydrogens (tertiary/aromatic N) is 2. The summed E-state index contributed by atoms with van der Waals surface area (Å²) in [5.41, 5.74) is 1.14. The van der Waals surface area contributed by atoms with E-state index in [1.165, 1.54) is 19.5 Å². The third-order valence-electron chi connectivity index (χ3n) is 2.74. The van der Waals surface area contributed by atoms with Gasteiger partial charge in [-0.1, -0.05) is 24.6 Å². The van der Waals surface area contributed by atoms with E-state index in [9.17, 15) is 0 Å². The monoisotopic (exact) mass is 210 g/mol. The van der Waals surface area contributed by atoms with E-state index in [2.05, 4.69) is 22.9 Å². The van der Waals surface area contributed by atoms with Crippen molar-refractivity contribution < 1.29 is 0 Å². The van der Waals surface area contributed by atoms with Gasteiger partial charge in [-0.3, -0.25) is 4.90 Å². The summed E-state index contributed by atoms with van der Waals surface area (Å²) >= 11 is 6.00. The van der Waals surface area contributed by atoms with Gasteiger partial charge in [-0.15, -0.1) is 0 Å². The minimum absolute atomic E-state index is 0.645. The molecule has 1 aliphatic rings. The van der Waals surface area contributed by atoms with E-state index in [4.69, 9.17) is 11.6 Å². The Morgan fingerprint density at radius 3 is 3.14 bits per heavy atom. The van der Waals surface area contributed by atoms with E-state index in [0.717, 1.165) is 18.0 Å². The first-order chi connectivity index (χ1) is 6.75. The van der Waals surface area contributed by atoms with Crippen LogP contribution < -0.4 is 0 Å². The van der Waals surface area contributed by atoms with Crippen LogP contribution in [0, 0.1) is 5.92 Å². The molecule has 1 fully saturated rings. The van der Waals surface area contributed by atoms with Crippen molar-refractivity contribution in [3.05, 3.63) is 29.0 Å². The molecule has 1 atom stereocenters. The number of hydrogen-bond acceptors (Lipinski definition) is 2. The lowest BCUT2D eigenvalue weighted by Crippen LogP contribution is -2.19. The van der Waals surface area contributed by atoms with Crippen molar-refractivity contribution in [1.29, 1.82) is 0 Å². The molecule has 0 aliphatic carbocycles. The van der Waals surface area contributed by atoms with Crippen LogP contribution in [0.3, 0.4) is 0 Å². The molecular formula is C11H15ClN2. The van der Waals surface area contributed by atoms with Crippen molar-refractivity contribution in [3.8, 4) is 0 Å². The predicted octanol–water partition coefficient (Wildman–Crippen LogP) is 2.58. The molecule has 1 aromatic heterocycles. The fourth-order valence-electron chi connectivity index (χ4n) is 1.95. The van der Waals surface area contributed by atoms with Gasteiger partial charge in [0.05, 0.1) is 0 Å². The molecule has 14 heavy (non-hydrogen) atoms. The summed E-state index contributed by atoms with van der Waals surface area (Å²) in [6.07, 6.45) is 3.04. The highest BCUT2D eigenvalue weighted by atomic mass is 35.5. The van der Waals surface area contributed by atoms with Crippen LogP contribution in [-0.2, 0) is 6.54 Å². The summed E-state index contributed by atoms with van der Waals surface area (Å²) in [6.45, 7) is 5.61. The Labute approximate surface area is 89.9 Å². The van der Waals surface area contributed by atoms with Crippen molar-refractivity contribution in [2.24, 2.45) is 5.92 Å². The quantitative estimate of drug-likeness (QED) is 0.698. The Hall–Kier alpha value is -0.600. The summed E-state index contributed by atoms with van der Waals surface area (Å²) < 4.78 is 0. The molecule has 1 aliphatic heterocycles. The zero-order valence-electron chi connectivity index (χ0n) is 8.41. The van der Waals surface area contributed by atoms with Crippen LogP contribution >= 0.6 is 11.6 Å². The predicted molar refractivity (Wildman–Crippen MR) is 58.3 cm³/mol. The largest absolute Gasteiger partial charge is 0.299 e. The van der Waals surface area contributed by atoms with Crippen LogP contribution in [0.25, 0.3) is 0 Å². The molecule has 1 aromatic rings. The molecule has 2 nitrogen and oxygen atoms in total. The zero-order valence-corrected chi connectivity index (χ0v) is 9.17. The first kappa shape index (κ1) is 9.94. The molecule has 0 bridgehead atoms. The Kier molecular flexibility index (Phi) is 3.04. The smallest absolute Gasteiger partial charge is 0.133 e. The number of aromatic nitrogens is 1. The average Bonchev–Trinajstić information content (AvgIpc) is 2.56. The Bertz CT molecular complexity index is 314. The van der Waals surface area contributed by atoms with Gasteiger partial charge in [0.25, 0.3) is 0 Å². The van der Waals surface area contributed by atoms with Crippen molar-refractivity contribution in [2.75, 3.05) is 13.1 Å². The lowest BCUT2D eigenvalue weighted by Gasteiger charge is -2.15. The number of hydrogen-bond donors (Lipinski definition) is 0. The molecule has 76 valence electrons. The van der Waals surface area contributed by atoms with Crippen LogP contribution in [0.4, 0.5) is 0 Å². The van der Waals surface area contributed by atoms with Gasteiger partial charge in [-0.05, 0) is 24.9 Å². The molecule has 0 saturated carbocycles. The molecule has 0 amide bonds. The molecule has 1 unspecified atom stereocenters. The second-order valence-corrected chi connectivity index (χ2v) is 4.44. The number of halogens is 1. The minimum Gasteiger partial charge on any atom is -0.299 e. The Morgan fingerprint density at radius 1 is 1.64 bits per heavy atom. The molecule has 2 heterocycles. The van der Waals surface area contributed by atoms with Crippen LogP contribution in [-0.4, -0.2) is 23.0 Å². The fraction of sp³-hybridized carbons (Fsp3) is 0.545. The maximum atomic E-state index is 6.00. The minimum atomic E-state index is 0.645. The average molecular weight is 211 g/mol. The Balaban J connectivity index is 2.01. The SMILES string of the molecule is CC1CCN(Cc2cccnc2Cl)C1. The van der Waals surface area contributed by atoms with Gasteiger partial charge in [-0.2, -0.15) is 0 Å². The van der Waals surface area contributed by atoms with Crippen molar-refractivity contribution in [1.82, 2.24) is 9.88 Å². The second kappa shape index (κ2) is 4.28. The number of pyridine rings is 1. The highest BCUT2D eigenvalue weighted by molar-refractivity contribution is 6.30. The lowest BCUT2D eigenvalue weighted by atomic mass is 10.2. The summed E-state index contributed by atoms with van der Waals surface area (Å²) in [6, 6.07) is 4.00. The summed E-state index contributed by atoms with van der Waals surface area (Å²) in [5.74, 6) is 0.824. The highest BCUT2D eigenvalue weighted by Crippen LogP contribution is 2.20. The van der Waals surface area contributed by atoms with Crippen LogP contribution in [0.15, 0.2) is 18.3 Å². The summed E-state index contributed by atoms with van der Waals surface area (Å²) in [5, 5.41) is 0.645.